The molecule has 2 saturated heterocycles. The number of aliphatic hydroxyl groups is 1. The third-order valence-electron chi connectivity index (χ3n) is 6.46. The number of rotatable bonds is 5. The Morgan fingerprint density at radius 3 is 2.06 bits per heavy atom. The topological polar surface area (TPSA) is 88.9 Å². The summed E-state index contributed by atoms with van der Waals surface area (Å²) in [7, 11) is 0. The Morgan fingerprint density at radius 1 is 0.788 bits per heavy atom. The molecule has 0 unspecified atom stereocenters. The fourth-order valence-corrected chi connectivity index (χ4v) is 4.48. The largest absolute Gasteiger partial charge is 0.395 e. The van der Waals surface area contributed by atoms with Crippen LogP contribution in [0, 0.1) is 0 Å². The van der Waals surface area contributed by atoms with Gasteiger partial charge in [0.05, 0.1) is 12.1 Å². The molecule has 0 bridgehead atoms. The molecular weight excluding hydrogens is 418 g/mol. The molecule has 1 amide bonds. The number of hydrogen-bond acceptors (Lipinski definition) is 8. The van der Waals surface area contributed by atoms with Crippen molar-refractivity contribution in [3.63, 3.8) is 0 Å². The first kappa shape index (κ1) is 21.5. The van der Waals surface area contributed by atoms with Gasteiger partial charge in [0.1, 0.15) is 5.69 Å². The number of piperazine rings is 2. The van der Waals surface area contributed by atoms with Crippen LogP contribution >= 0.6 is 0 Å². The zero-order chi connectivity index (χ0) is 22.6. The second-order valence-corrected chi connectivity index (χ2v) is 8.47. The average Bonchev–Trinajstić information content (AvgIpc) is 2.89. The third-order valence-corrected chi connectivity index (χ3v) is 6.46. The van der Waals surface area contributed by atoms with Gasteiger partial charge in [-0.3, -0.25) is 9.69 Å². The molecule has 1 N–H and O–H groups in total. The van der Waals surface area contributed by atoms with Gasteiger partial charge >= 0.3 is 0 Å². The molecule has 2 fully saturated rings. The number of para-hydroxylation sites is 1. The standard InChI is InChI=1S/C24H29N7O2/c32-18-17-28-9-11-29(12-10-28)22-7-8-23(27-26-22)30-13-15-31(16-14-30)24(33)21-6-5-19-3-1-2-4-20(19)25-21/h1-8,32H,9-18H2. The maximum absolute atomic E-state index is 13.0. The van der Waals surface area contributed by atoms with Crippen molar-refractivity contribution in [2.24, 2.45) is 0 Å². The highest BCUT2D eigenvalue weighted by Crippen LogP contribution is 2.19. The van der Waals surface area contributed by atoms with Gasteiger partial charge in [0.2, 0.25) is 0 Å². The Kier molecular flexibility index (Phi) is 6.32. The van der Waals surface area contributed by atoms with Gasteiger partial charge in [-0.2, -0.15) is 0 Å². The fraction of sp³-hybridized carbons (Fsp3) is 0.417. The Labute approximate surface area is 193 Å². The van der Waals surface area contributed by atoms with Gasteiger partial charge < -0.3 is 19.8 Å². The van der Waals surface area contributed by atoms with Crippen molar-refractivity contribution in [2.75, 3.05) is 75.3 Å². The number of β-amino-alcohol motifs (C(OH)–C–C–N with tert-alkyl or cyclic N) is 1. The van der Waals surface area contributed by atoms with Crippen molar-refractivity contribution < 1.29 is 9.90 Å². The Hall–Kier alpha value is -3.30. The van der Waals surface area contributed by atoms with Gasteiger partial charge in [0.15, 0.2) is 11.6 Å². The molecule has 2 aliphatic heterocycles. The Bertz CT molecular complexity index is 1090. The molecule has 0 radical (unpaired) electrons. The smallest absolute Gasteiger partial charge is 0.272 e. The van der Waals surface area contributed by atoms with E-state index in [1.54, 1.807) is 0 Å². The number of fused-ring (bicyclic) bond motifs is 1. The van der Waals surface area contributed by atoms with E-state index in [0.717, 1.165) is 55.3 Å². The van der Waals surface area contributed by atoms with E-state index in [9.17, 15) is 4.79 Å². The maximum atomic E-state index is 13.0. The normalized spacial score (nSPS) is 17.5. The summed E-state index contributed by atoms with van der Waals surface area (Å²) >= 11 is 0. The molecule has 4 heterocycles. The van der Waals surface area contributed by atoms with Crippen molar-refractivity contribution >= 4 is 28.4 Å². The van der Waals surface area contributed by atoms with Crippen molar-refractivity contribution in [1.29, 1.82) is 0 Å². The van der Waals surface area contributed by atoms with Gasteiger partial charge in [-0.25, -0.2) is 4.98 Å². The van der Waals surface area contributed by atoms with Gasteiger partial charge in [0, 0.05) is 64.3 Å². The fourth-order valence-electron chi connectivity index (χ4n) is 4.48. The summed E-state index contributed by atoms with van der Waals surface area (Å²) in [6.07, 6.45) is 0. The van der Waals surface area contributed by atoms with E-state index in [-0.39, 0.29) is 12.5 Å². The van der Waals surface area contributed by atoms with Crippen LogP contribution in [0.25, 0.3) is 10.9 Å². The van der Waals surface area contributed by atoms with Gasteiger partial charge in [-0.1, -0.05) is 24.3 Å². The first-order valence-corrected chi connectivity index (χ1v) is 11.5. The number of pyridine rings is 1. The van der Waals surface area contributed by atoms with E-state index < -0.39 is 0 Å². The van der Waals surface area contributed by atoms with Crippen LogP contribution in [-0.2, 0) is 0 Å². The number of nitrogens with zero attached hydrogens (tertiary/aromatic N) is 7. The summed E-state index contributed by atoms with van der Waals surface area (Å²) in [6, 6.07) is 15.7. The molecule has 0 saturated carbocycles. The lowest BCUT2D eigenvalue weighted by atomic mass is 10.2. The summed E-state index contributed by atoms with van der Waals surface area (Å²) in [5, 5.41) is 19.0. The van der Waals surface area contributed by atoms with Crippen LogP contribution in [0.4, 0.5) is 11.6 Å². The highest BCUT2D eigenvalue weighted by molar-refractivity contribution is 5.95. The highest BCUT2D eigenvalue weighted by atomic mass is 16.3. The second kappa shape index (κ2) is 9.68. The van der Waals surface area contributed by atoms with Gasteiger partial charge in [-0.05, 0) is 24.3 Å². The number of amides is 1. The summed E-state index contributed by atoms with van der Waals surface area (Å²) < 4.78 is 0. The Balaban J connectivity index is 1.16. The summed E-state index contributed by atoms with van der Waals surface area (Å²) in [6.45, 7) is 7.23. The third kappa shape index (κ3) is 4.74. The number of anilines is 2. The van der Waals surface area contributed by atoms with Crippen molar-refractivity contribution in [1.82, 2.24) is 25.0 Å². The van der Waals surface area contributed by atoms with Gasteiger partial charge in [0.25, 0.3) is 5.91 Å². The number of carbonyl (C=O) groups excluding carboxylic acids is 1. The van der Waals surface area contributed by atoms with E-state index in [4.69, 9.17) is 5.11 Å². The molecule has 0 aliphatic carbocycles. The van der Waals surface area contributed by atoms with Crippen LogP contribution in [0.3, 0.4) is 0 Å². The molecule has 2 aliphatic rings. The lowest BCUT2D eigenvalue weighted by Crippen LogP contribution is -2.49. The maximum Gasteiger partial charge on any atom is 0.272 e. The predicted octanol–water partition coefficient (Wildman–Crippen LogP) is 1.10. The predicted molar refractivity (Wildman–Crippen MR) is 128 cm³/mol. The van der Waals surface area contributed by atoms with Crippen molar-refractivity contribution in [3.05, 3.63) is 54.2 Å². The van der Waals surface area contributed by atoms with Gasteiger partial charge in [-0.15, -0.1) is 10.2 Å². The first-order chi connectivity index (χ1) is 16.2. The lowest BCUT2D eigenvalue weighted by molar-refractivity contribution is 0.0741. The van der Waals surface area contributed by atoms with Crippen LogP contribution in [0.2, 0.25) is 0 Å². The average molecular weight is 448 g/mol. The molecule has 0 spiro atoms. The molecule has 3 aromatic rings. The number of aliphatic hydroxyl groups excluding tert-OH is 1. The summed E-state index contributed by atoms with van der Waals surface area (Å²) in [4.78, 5) is 26.0. The van der Waals surface area contributed by atoms with Crippen LogP contribution in [0.15, 0.2) is 48.5 Å². The first-order valence-electron chi connectivity index (χ1n) is 11.5. The monoisotopic (exact) mass is 447 g/mol. The molecule has 5 rings (SSSR count). The van der Waals surface area contributed by atoms with Crippen LogP contribution in [0.5, 0.6) is 0 Å². The molecule has 9 nitrogen and oxygen atoms in total. The lowest BCUT2D eigenvalue weighted by Gasteiger charge is -2.36. The molecule has 1 aromatic carbocycles. The Morgan fingerprint density at radius 2 is 1.42 bits per heavy atom. The van der Waals surface area contributed by atoms with Crippen LogP contribution in [-0.4, -0.2) is 102 Å². The molecule has 33 heavy (non-hydrogen) atoms. The quantitative estimate of drug-likeness (QED) is 0.622. The summed E-state index contributed by atoms with van der Waals surface area (Å²) in [5.74, 6) is 1.70. The molecular formula is C24H29N7O2. The van der Waals surface area contributed by atoms with E-state index in [1.165, 1.54) is 0 Å². The zero-order valence-corrected chi connectivity index (χ0v) is 18.7. The molecule has 0 atom stereocenters. The second-order valence-electron chi connectivity index (χ2n) is 8.47. The van der Waals surface area contributed by atoms with Crippen molar-refractivity contribution in [3.8, 4) is 0 Å². The van der Waals surface area contributed by atoms with E-state index in [1.807, 2.05) is 53.4 Å². The number of hydrogen-bond donors (Lipinski definition) is 1. The SMILES string of the molecule is O=C(c1ccc2ccccc2n1)N1CCN(c2ccc(N3CCN(CCO)CC3)nn2)CC1. The van der Waals surface area contributed by atoms with E-state index in [0.29, 0.717) is 31.9 Å². The molecule has 2 aromatic heterocycles. The van der Waals surface area contributed by atoms with E-state index in [2.05, 4.69) is 29.9 Å². The summed E-state index contributed by atoms with van der Waals surface area (Å²) in [5.41, 5.74) is 1.33. The molecule has 172 valence electrons. The van der Waals surface area contributed by atoms with E-state index >= 15 is 0 Å². The van der Waals surface area contributed by atoms with Crippen LogP contribution in [0.1, 0.15) is 10.5 Å². The minimum absolute atomic E-state index is 0.0258. The highest BCUT2D eigenvalue weighted by Gasteiger charge is 2.24. The molecule has 9 heteroatoms. The minimum atomic E-state index is -0.0258. The van der Waals surface area contributed by atoms with Crippen LogP contribution < -0.4 is 9.80 Å². The number of benzene rings is 1. The minimum Gasteiger partial charge on any atom is -0.395 e. The van der Waals surface area contributed by atoms with Crippen molar-refractivity contribution in [2.45, 2.75) is 0 Å². The number of carbonyl (C=O) groups is 1. The number of aromatic nitrogens is 3. The zero-order valence-electron chi connectivity index (χ0n) is 18.7.